The van der Waals surface area contributed by atoms with Gasteiger partial charge in [0.2, 0.25) is 0 Å². The van der Waals surface area contributed by atoms with Crippen LogP contribution in [0, 0.1) is 82.9 Å². The van der Waals surface area contributed by atoms with Crippen LogP contribution in [0.15, 0.2) is 182 Å². The van der Waals surface area contributed by atoms with Crippen LogP contribution in [-0.4, -0.2) is 9.13 Å². The van der Waals surface area contributed by atoms with Crippen molar-refractivity contribution >= 4 is 66.4 Å². The molecule has 0 N–H and O–H groups in total. The van der Waals surface area contributed by atoms with Gasteiger partial charge in [0, 0.05) is 54.9 Å². The van der Waals surface area contributed by atoms with E-state index in [9.17, 15) is 26.3 Å². The second kappa shape index (κ2) is 20.3. The molecule has 0 unspecified atom stereocenters. The van der Waals surface area contributed by atoms with Crippen molar-refractivity contribution in [3.05, 3.63) is 261 Å². The Morgan fingerprint density at radius 1 is 0.345 bits per heavy atom. The summed E-state index contributed by atoms with van der Waals surface area (Å²) >= 11 is 0. The molecule has 0 aliphatic heterocycles. The summed E-state index contributed by atoms with van der Waals surface area (Å²) in [5.41, 5.74) is 9.03. The first kappa shape index (κ1) is 51.7. The lowest BCUT2D eigenvalue weighted by atomic mass is 9.94. The molecule has 2 aromatic heterocycles. The van der Waals surface area contributed by atoms with Gasteiger partial charge in [-0.3, -0.25) is 0 Å². The number of hydrogen-bond acceptors (Lipinski definition) is 5. The van der Waals surface area contributed by atoms with Gasteiger partial charge in [0.1, 0.15) is 0 Å². The van der Waals surface area contributed by atoms with Gasteiger partial charge >= 0.3 is 6.18 Å². The van der Waals surface area contributed by atoms with Crippen LogP contribution in [0.1, 0.15) is 33.4 Å². The third kappa shape index (κ3) is 8.84. The Labute approximate surface area is 477 Å². The lowest BCUT2D eigenvalue weighted by Crippen LogP contribution is -2.08. The van der Waals surface area contributed by atoms with Gasteiger partial charge in [-0.1, -0.05) is 30.3 Å². The summed E-state index contributed by atoms with van der Waals surface area (Å²) in [7, 11) is 0. The first-order chi connectivity index (χ1) is 40.8. The minimum atomic E-state index is -4.85. The molecule has 386 valence electrons. The Bertz CT molecular complexity index is 4930. The van der Waals surface area contributed by atoms with E-state index in [0.717, 1.165) is 12.1 Å². The van der Waals surface area contributed by atoms with E-state index in [1.165, 1.54) is 30.3 Å². The van der Waals surface area contributed by atoms with Crippen molar-refractivity contribution in [3.8, 4) is 97.4 Å². The van der Waals surface area contributed by atoms with Crippen LogP contribution < -0.4 is 0 Å². The molecule has 0 atom stereocenters. The molecule has 0 amide bonds. The number of nitrogens with zero attached hydrogens (tertiary/aromatic N) is 11. The fraction of sp³-hybridized carbons (Fsp3) is 0.0143. The molecule has 84 heavy (non-hydrogen) atoms. The van der Waals surface area contributed by atoms with Gasteiger partial charge in [-0.15, -0.1) is 0 Å². The minimum Gasteiger partial charge on any atom is -0.309 e. The van der Waals surface area contributed by atoms with Crippen LogP contribution in [0.5, 0.6) is 0 Å². The van der Waals surface area contributed by atoms with E-state index in [1.54, 1.807) is 78.9 Å². The number of aromatic nitrogens is 2. The molecule has 0 saturated heterocycles. The van der Waals surface area contributed by atoms with Crippen molar-refractivity contribution in [1.29, 1.82) is 26.3 Å². The third-order valence-electron chi connectivity index (χ3n) is 14.8. The first-order valence-corrected chi connectivity index (χ1v) is 25.4. The summed E-state index contributed by atoms with van der Waals surface area (Å²) < 4.78 is 49.9. The smallest absolute Gasteiger partial charge is 0.309 e. The summed E-state index contributed by atoms with van der Waals surface area (Å²) in [5.74, 6) is 0. The second-order valence-electron chi connectivity index (χ2n) is 19.6. The Hall–Kier alpha value is -13.0. The summed E-state index contributed by atoms with van der Waals surface area (Å²) in [6.45, 7) is 31.1. The van der Waals surface area contributed by atoms with Crippen molar-refractivity contribution in [2.75, 3.05) is 0 Å². The molecule has 0 radical (unpaired) electrons. The molecule has 2 heterocycles. The SMILES string of the molecule is [C-]#[N+]c1cc(C#N)cc(-c2ccc3c(c2)c2cc(-c4cc(C#N)cc([N+]#[C-])c4)ccc2n3-c2ccc(C(F)(F)F)cc2-c2c(C#N)cccc2-n2c3ccc(-c4cc(C#N)cc([N+]#[C-])c4)cc3c3cc(-c4cc(C#N)cc([N+]#[C-])c4)ccc32)c1. The van der Waals surface area contributed by atoms with Gasteiger partial charge in [-0.2, -0.15) is 39.5 Å². The van der Waals surface area contributed by atoms with E-state index in [-0.39, 0.29) is 67.4 Å². The van der Waals surface area contributed by atoms with Crippen molar-refractivity contribution in [2.24, 2.45) is 0 Å². The van der Waals surface area contributed by atoms with E-state index in [0.29, 0.717) is 93.8 Å². The number of hydrogen-bond donors (Lipinski definition) is 0. The normalized spacial score (nSPS) is 10.9. The van der Waals surface area contributed by atoms with Crippen molar-refractivity contribution in [2.45, 2.75) is 6.18 Å². The predicted octanol–water partition coefficient (Wildman–Crippen LogP) is 18.8. The van der Waals surface area contributed by atoms with Crippen LogP contribution in [0.25, 0.3) is 130 Å². The van der Waals surface area contributed by atoms with Crippen LogP contribution in [-0.2, 0) is 6.18 Å². The number of nitriles is 5. The quantitative estimate of drug-likeness (QED) is 0.146. The fourth-order valence-corrected chi connectivity index (χ4v) is 11.1. The van der Waals surface area contributed by atoms with Gasteiger partial charge in [0.25, 0.3) is 0 Å². The van der Waals surface area contributed by atoms with Crippen molar-refractivity contribution < 1.29 is 13.2 Å². The highest BCUT2D eigenvalue weighted by molar-refractivity contribution is 6.14. The minimum absolute atomic E-state index is 0.0407. The fourth-order valence-electron chi connectivity index (χ4n) is 11.1. The number of benzene rings is 10. The van der Waals surface area contributed by atoms with Crippen LogP contribution in [0.4, 0.5) is 35.9 Å². The van der Waals surface area contributed by atoms with E-state index in [1.807, 2.05) is 69.8 Å². The Morgan fingerprint density at radius 3 is 1.00 bits per heavy atom. The average molecular weight is 1080 g/mol. The lowest BCUT2D eigenvalue weighted by molar-refractivity contribution is -0.137. The lowest BCUT2D eigenvalue weighted by Gasteiger charge is -2.21. The predicted molar refractivity (Wildman–Crippen MR) is 316 cm³/mol. The number of fused-ring (bicyclic) bond motifs is 6. The maximum atomic E-state index is 15.4. The van der Waals surface area contributed by atoms with E-state index in [4.69, 9.17) is 26.3 Å². The van der Waals surface area contributed by atoms with Gasteiger partial charge in [0.05, 0.1) is 101 Å². The molecule has 11 nitrogen and oxygen atoms in total. The molecule has 12 aromatic rings. The monoisotopic (exact) mass is 1080 g/mol. The molecule has 14 heteroatoms. The van der Waals surface area contributed by atoms with Gasteiger partial charge in [-0.05, 0) is 196 Å². The molecular weight excluding hydrogens is 1050 g/mol. The summed E-state index contributed by atoms with van der Waals surface area (Å²) in [6.07, 6.45) is -4.85. The Kier molecular flexibility index (Phi) is 12.5. The van der Waals surface area contributed by atoms with Crippen LogP contribution in [0.2, 0.25) is 0 Å². The zero-order chi connectivity index (χ0) is 58.6. The zero-order valence-corrected chi connectivity index (χ0v) is 43.4. The molecule has 0 bridgehead atoms. The van der Waals surface area contributed by atoms with Crippen LogP contribution >= 0.6 is 0 Å². The van der Waals surface area contributed by atoms with Gasteiger partial charge in [0.15, 0.2) is 22.7 Å². The summed E-state index contributed by atoms with van der Waals surface area (Å²) in [6, 6.07) is 60.7. The van der Waals surface area contributed by atoms with Crippen LogP contribution in [0.3, 0.4) is 0 Å². The summed E-state index contributed by atoms with van der Waals surface area (Å²) in [4.78, 5) is 14.4. The first-order valence-electron chi connectivity index (χ1n) is 25.4. The highest BCUT2D eigenvalue weighted by Crippen LogP contribution is 2.47. The molecular formula is C70H30F3N11. The number of alkyl halides is 3. The van der Waals surface area contributed by atoms with E-state index in [2.05, 4.69) is 49.7 Å². The molecule has 0 saturated carbocycles. The van der Waals surface area contributed by atoms with E-state index < -0.39 is 11.7 Å². The molecule has 12 rings (SSSR count). The van der Waals surface area contributed by atoms with E-state index >= 15 is 13.2 Å². The zero-order valence-electron chi connectivity index (χ0n) is 43.4. The Balaban J connectivity index is 1.17. The van der Waals surface area contributed by atoms with Gasteiger partial charge in [-0.25, -0.2) is 19.4 Å². The van der Waals surface area contributed by atoms with Crippen molar-refractivity contribution in [3.63, 3.8) is 0 Å². The highest BCUT2D eigenvalue weighted by Gasteiger charge is 2.33. The maximum absolute atomic E-state index is 15.4. The maximum Gasteiger partial charge on any atom is 0.416 e. The standard InChI is InChI=1S/C70H30F3N11/c1-79-54-22-40(35-74)18-49(26-54)44-8-13-63-58(30-44)59-31-45(50-19-41(36-75)23-55(27-50)80-2)9-14-64(59)83(63)67-17-12-53(70(71,72)73)34-62(67)69-48(39-78)6-5-7-68(69)84-65-15-10-46(51-20-42(37-76)24-56(28-51)81-3)32-60(65)61-33-47(11-16-66(61)84)52-21-43(38-77)25-57(29-52)82-4/h5-34H. The third-order valence-corrected chi connectivity index (χ3v) is 14.8. The number of halogens is 3. The number of rotatable bonds is 7. The highest BCUT2D eigenvalue weighted by atomic mass is 19.4. The second-order valence-corrected chi connectivity index (χ2v) is 19.6. The largest absolute Gasteiger partial charge is 0.416 e. The van der Waals surface area contributed by atoms with Gasteiger partial charge < -0.3 is 9.13 Å². The average Bonchev–Trinajstić information content (AvgIpc) is 3.90. The topological polar surface area (TPSA) is 146 Å². The molecule has 0 spiro atoms. The molecule has 10 aromatic carbocycles. The summed E-state index contributed by atoms with van der Waals surface area (Å²) in [5, 5.41) is 53.5. The molecule has 0 aliphatic rings. The molecule has 0 aliphatic carbocycles. The van der Waals surface area contributed by atoms with Crippen molar-refractivity contribution in [1.82, 2.24) is 9.13 Å². The molecule has 0 fully saturated rings. The Morgan fingerprint density at radius 2 is 0.690 bits per heavy atom.